The van der Waals surface area contributed by atoms with Crippen LogP contribution in [0, 0.1) is 0 Å². The van der Waals surface area contributed by atoms with Gasteiger partial charge in [-0.05, 0) is 18.6 Å². The van der Waals surface area contributed by atoms with Crippen LogP contribution in [-0.4, -0.2) is 9.81 Å². The van der Waals surface area contributed by atoms with Crippen molar-refractivity contribution < 1.29 is 0 Å². The second-order valence-corrected chi connectivity index (χ2v) is 7.35. The van der Waals surface area contributed by atoms with E-state index in [1.54, 1.807) is 0 Å². The van der Waals surface area contributed by atoms with Crippen LogP contribution in [0.4, 0.5) is 0 Å². The molecule has 21 heavy (non-hydrogen) atoms. The van der Waals surface area contributed by atoms with Crippen LogP contribution in [0.3, 0.4) is 0 Å². The Labute approximate surface area is 140 Å². The molecule has 120 valence electrons. The summed E-state index contributed by atoms with van der Waals surface area (Å²) in [5.74, 6) is 0.500. The third-order valence-electron chi connectivity index (χ3n) is 4.28. The van der Waals surface area contributed by atoms with E-state index >= 15 is 0 Å². The molecule has 0 N–H and O–H groups in total. The van der Waals surface area contributed by atoms with Crippen molar-refractivity contribution in [2.75, 3.05) is 0 Å². The van der Waals surface area contributed by atoms with Gasteiger partial charge in [-0.25, -0.2) is 0 Å². The minimum absolute atomic E-state index is 0.500. The first-order chi connectivity index (χ1) is 10.3. The van der Waals surface area contributed by atoms with E-state index in [1.807, 2.05) is 12.3 Å². The van der Waals surface area contributed by atoms with Gasteiger partial charge >= 0.3 is 0 Å². The Morgan fingerprint density at radius 3 is 2.14 bits per heavy atom. The highest BCUT2D eigenvalue weighted by molar-refractivity contribution is 9.09. The molecule has 1 nitrogen and oxygen atoms in total. The molecule has 1 rings (SSSR count). The summed E-state index contributed by atoms with van der Waals surface area (Å²) in [5, 5.41) is 0. The zero-order valence-electron chi connectivity index (χ0n) is 13.9. The van der Waals surface area contributed by atoms with Crippen LogP contribution in [0.1, 0.15) is 89.7 Å². The van der Waals surface area contributed by atoms with Gasteiger partial charge in [0.2, 0.25) is 0 Å². The largest absolute Gasteiger partial charge is 0.261 e. The van der Waals surface area contributed by atoms with Gasteiger partial charge in [0, 0.05) is 22.6 Å². The number of aromatic nitrogens is 1. The van der Waals surface area contributed by atoms with E-state index in [-0.39, 0.29) is 0 Å². The maximum atomic E-state index is 4.46. The molecule has 2 unspecified atom stereocenters. The Bertz CT molecular complexity index is 339. The predicted octanol–water partition coefficient (Wildman–Crippen LogP) is 6.87. The average Bonchev–Trinajstić information content (AvgIpc) is 2.53. The van der Waals surface area contributed by atoms with Gasteiger partial charge < -0.3 is 0 Å². The third kappa shape index (κ3) is 8.60. The Balaban J connectivity index is 2.02. The number of pyridine rings is 1. The maximum Gasteiger partial charge on any atom is 0.0442 e. The summed E-state index contributed by atoms with van der Waals surface area (Å²) in [6.45, 7) is 4.55. The molecule has 2 heteroatoms. The van der Waals surface area contributed by atoms with Crippen molar-refractivity contribution in [2.24, 2.45) is 0 Å². The highest BCUT2D eigenvalue weighted by Gasteiger charge is 2.16. The molecule has 0 saturated heterocycles. The van der Waals surface area contributed by atoms with Crippen LogP contribution in [0.25, 0.3) is 0 Å². The highest BCUT2D eigenvalue weighted by Crippen LogP contribution is 2.27. The molecule has 1 aromatic rings. The number of rotatable bonds is 12. The average molecular weight is 354 g/mol. The monoisotopic (exact) mass is 353 g/mol. The van der Waals surface area contributed by atoms with Crippen molar-refractivity contribution in [2.45, 2.75) is 88.8 Å². The lowest BCUT2D eigenvalue weighted by Gasteiger charge is -2.17. The number of halogens is 1. The Morgan fingerprint density at radius 1 is 0.952 bits per heavy atom. The Morgan fingerprint density at radius 2 is 1.57 bits per heavy atom. The van der Waals surface area contributed by atoms with Crippen LogP contribution in [0.15, 0.2) is 24.4 Å². The summed E-state index contributed by atoms with van der Waals surface area (Å²) in [6, 6.07) is 6.20. The topological polar surface area (TPSA) is 12.9 Å². The molecule has 1 aromatic heterocycles. The van der Waals surface area contributed by atoms with Crippen molar-refractivity contribution in [3.8, 4) is 0 Å². The van der Waals surface area contributed by atoms with Crippen molar-refractivity contribution in [1.29, 1.82) is 0 Å². The Kier molecular flexibility index (Phi) is 10.9. The van der Waals surface area contributed by atoms with Gasteiger partial charge in [-0.15, -0.1) is 0 Å². The molecule has 0 aliphatic carbocycles. The quantitative estimate of drug-likeness (QED) is 0.295. The summed E-state index contributed by atoms with van der Waals surface area (Å²) < 4.78 is 0. The zero-order chi connectivity index (χ0) is 15.3. The van der Waals surface area contributed by atoms with E-state index in [2.05, 4.69) is 46.9 Å². The van der Waals surface area contributed by atoms with E-state index in [9.17, 15) is 0 Å². The predicted molar refractivity (Wildman–Crippen MR) is 97.2 cm³/mol. The lowest BCUT2D eigenvalue weighted by molar-refractivity contribution is 0.540. The second kappa shape index (κ2) is 12.2. The summed E-state index contributed by atoms with van der Waals surface area (Å²) in [7, 11) is 0. The molecule has 0 aliphatic heterocycles. The van der Waals surface area contributed by atoms with Gasteiger partial charge in [-0.1, -0.05) is 93.6 Å². The van der Waals surface area contributed by atoms with E-state index in [4.69, 9.17) is 0 Å². The molecule has 0 fully saturated rings. The molecular weight excluding hydrogens is 322 g/mol. The van der Waals surface area contributed by atoms with Crippen LogP contribution >= 0.6 is 15.9 Å². The molecule has 0 bridgehead atoms. The van der Waals surface area contributed by atoms with E-state index in [0.717, 1.165) is 0 Å². The first kappa shape index (κ1) is 18.7. The molecule has 0 amide bonds. The molecule has 0 aromatic carbocycles. The Hall–Kier alpha value is -0.370. The summed E-state index contributed by atoms with van der Waals surface area (Å²) in [5.41, 5.74) is 1.20. The standard InChI is InChI=1S/C19H32BrN/c1-3-4-5-6-7-8-9-10-11-14-18(20)17(2)19-15-12-13-16-21-19/h12-13,15-18H,3-11,14H2,1-2H3. The van der Waals surface area contributed by atoms with Gasteiger partial charge in [-0.3, -0.25) is 4.98 Å². The fraction of sp³-hybridized carbons (Fsp3) is 0.737. The van der Waals surface area contributed by atoms with Gasteiger partial charge in [0.05, 0.1) is 0 Å². The van der Waals surface area contributed by atoms with E-state index in [1.165, 1.54) is 69.9 Å². The SMILES string of the molecule is CCCCCCCCCCCC(Br)C(C)c1ccccn1. The molecular formula is C19H32BrN. The van der Waals surface area contributed by atoms with Crippen LogP contribution < -0.4 is 0 Å². The summed E-state index contributed by atoms with van der Waals surface area (Å²) in [6.07, 6.45) is 15.8. The molecule has 0 aliphatic rings. The smallest absolute Gasteiger partial charge is 0.0442 e. The van der Waals surface area contributed by atoms with Crippen LogP contribution in [0.5, 0.6) is 0 Å². The molecule has 2 atom stereocenters. The van der Waals surface area contributed by atoms with Gasteiger partial charge in [0.15, 0.2) is 0 Å². The van der Waals surface area contributed by atoms with Gasteiger partial charge in [0.1, 0.15) is 0 Å². The normalized spacial score (nSPS) is 14.0. The maximum absolute atomic E-state index is 4.46. The summed E-state index contributed by atoms with van der Waals surface area (Å²) >= 11 is 3.85. The van der Waals surface area contributed by atoms with Crippen LogP contribution in [0.2, 0.25) is 0 Å². The molecule has 0 spiro atoms. The minimum Gasteiger partial charge on any atom is -0.261 e. The second-order valence-electron chi connectivity index (χ2n) is 6.18. The fourth-order valence-electron chi connectivity index (χ4n) is 2.73. The molecule has 0 saturated carbocycles. The number of unbranched alkanes of at least 4 members (excludes halogenated alkanes) is 8. The number of hydrogen-bond acceptors (Lipinski definition) is 1. The summed E-state index contributed by atoms with van der Waals surface area (Å²) in [4.78, 5) is 5.02. The molecule has 0 radical (unpaired) electrons. The number of hydrogen-bond donors (Lipinski definition) is 0. The number of nitrogens with zero attached hydrogens (tertiary/aromatic N) is 1. The molecule has 1 heterocycles. The lowest BCUT2D eigenvalue weighted by Crippen LogP contribution is -2.10. The number of alkyl halides is 1. The minimum atomic E-state index is 0.500. The zero-order valence-corrected chi connectivity index (χ0v) is 15.4. The van der Waals surface area contributed by atoms with Gasteiger partial charge in [0.25, 0.3) is 0 Å². The van der Waals surface area contributed by atoms with Crippen molar-refractivity contribution in [3.63, 3.8) is 0 Å². The fourth-order valence-corrected chi connectivity index (χ4v) is 3.33. The van der Waals surface area contributed by atoms with Crippen LogP contribution in [-0.2, 0) is 0 Å². The highest BCUT2D eigenvalue weighted by atomic mass is 79.9. The van der Waals surface area contributed by atoms with Crippen molar-refractivity contribution in [3.05, 3.63) is 30.1 Å². The van der Waals surface area contributed by atoms with E-state index < -0.39 is 0 Å². The third-order valence-corrected chi connectivity index (χ3v) is 5.53. The lowest BCUT2D eigenvalue weighted by atomic mass is 9.98. The first-order valence-electron chi connectivity index (χ1n) is 8.80. The van der Waals surface area contributed by atoms with E-state index in [0.29, 0.717) is 10.7 Å². The van der Waals surface area contributed by atoms with Gasteiger partial charge in [-0.2, -0.15) is 0 Å². The van der Waals surface area contributed by atoms with Crippen molar-refractivity contribution >= 4 is 15.9 Å². The first-order valence-corrected chi connectivity index (χ1v) is 9.72. The van der Waals surface area contributed by atoms with Crippen molar-refractivity contribution in [1.82, 2.24) is 4.98 Å².